The summed E-state index contributed by atoms with van der Waals surface area (Å²) in [6.07, 6.45) is 5.59. The summed E-state index contributed by atoms with van der Waals surface area (Å²) < 4.78 is 6.89. The van der Waals surface area contributed by atoms with Crippen LogP contribution in [0.2, 0.25) is 0 Å². The predicted molar refractivity (Wildman–Crippen MR) is 241 cm³/mol. The van der Waals surface area contributed by atoms with E-state index in [-0.39, 0.29) is 0 Å². The molecular formula is C54H32N6. The molecule has 60 heavy (non-hydrogen) atoms. The Bertz CT molecular complexity index is 3710. The Labute approximate surface area is 343 Å². The van der Waals surface area contributed by atoms with Crippen LogP contribution in [0.5, 0.6) is 0 Å². The Kier molecular flexibility index (Phi) is 6.13. The monoisotopic (exact) mass is 764 g/mol. The van der Waals surface area contributed by atoms with E-state index in [1.165, 1.54) is 60.8 Å². The minimum absolute atomic E-state index is 0.478. The van der Waals surface area contributed by atoms with E-state index in [0.717, 1.165) is 56.2 Å². The maximum atomic E-state index is 5.22. The van der Waals surface area contributed by atoms with Gasteiger partial charge < -0.3 is 4.57 Å². The highest BCUT2D eigenvalue weighted by Gasteiger charge is 2.53. The highest BCUT2D eigenvalue weighted by atomic mass is 15.1. The number of para-hydroxylation sites is 2. The molecule has 0 saturated heterocycles. The molecule has 1 spiro atoms. The summed E-state index contributed by atoms with van der Waals surface area (Å²) in [6.45, 7) is 0. The molecule has 0 aliphatic heterocycles. The summed E-state index contributed by atoms with van der Waals surface area (Å²) in [5.41, 5.74) is 20.8. The highest BCUT2D eigenvalue weighted by molar-refractivity contribution is 6.09. The summed E-state index contributed by atoms with van der Waals surface area (Å²) in [6, 6.07) is 64.1. The van der Waals surface area contributed by atoms with E-state index in [2.05, 4.69) is 189 Å². The Balaban J connectivity index is 0.985. The Morgan fingerprint density at radius 3 is 1.63 bits per heavy atom. The second-order valence-electron chi connectivity index (χ2n) is 16.0. The SMILES string of the molecule is c1cc(-c2cccc(-n3c4ccccc4c4ccccc43)c2)cc(-c2cnc3c4cc5c(n4c4nccnc4n23)-c2ccccc2C52c3ccccc3-c3ccccc32)c1. The molecule has 6 heteroatoms. The number of aromatic nitrogens is 6. The molecule has 2 aliphatic rings. The van der Waals surface area contributed by atoms with Crippen molar-refractivity contribution in [2.24, 2.45) is 0 Å². The van der Waals surface area contributed by atoms with Gasteiger partial charge in [-0.05, 0) is 80.9 Å². The lowest BCUT2D eigenvalue weighted by Gasteiger charge is -2.29. The lowest BCUT2D eigenvalue weighted by Crippen LogP contribution is -2.25. The summed E-state index contributed by atoms with van der Waals surface area (Å²) >= 11 is 0. The normalized spacial score (nSPS) is 13.5. The van der Waals surface area contributed by atoms with E-state index in [4.69, 9.17) is 15.0 Å². The van der Waals surface area contributed by atoms with Gasteiger partial charge in [0.2, 0.25) is 0 Å². The standard InChI is InChI=1S/C54H32N6/c1-6-22-42-37(17-1)38-18-2-7-23-43(38)54(42)44-24-8-3-21-41(44)50-45(54)31-48-51-57-32-49(60(51)53-52(59(48)50)55-27-28-56-53)35-15-11-13-33(29-35)34-14-12-16-36(30-34)58-46-25-9-4-19-39(46)40-20-5-10-26-47(40)58/h1-32H. The summed E-state index contributed by atoms with van der Waals surface area (Å²) in [7, 11) is 0. The van der Waals surface area contributed by atoms with Gasteiger partial charge in [-0.1, -0.05) is 140 Å². The number of rotatable bonds is 3. The summed E-state index contributed by atoms with van der Waals surface area (Å²) in [5.74, 6) is 0. The van der Waals surface area contributed by atoms with E-state index < -0.39 is 5.41 Å². The van der Waals surface area contributed by atoms with Crippen LogP contribution in [0.15, 0.2) is 195 Å². The minimum atomic E-state index is -0.478. The Morgan fingerprint density at radius 1 is 0.383 bits per heavy atom. The largest absolute Gasteiger partial charge is 0.309 e. The van der Waals surface area contributed by atoms with Gasteiger partial charge in [-0.3, -0.25) is 8.80 Å². The molecule has 5 heterocycles. The molecule has 14 rings (SSSR count). The van der Waals surface area contributed by atoms with Gasteiger partial charge in [0.15, 0.2) is 16.9 Å². The van der Waals surface area contributed by atoms with Crippen LogP contribution in [0.1, 0.15) is 22.3 Å². The molecule has 7 aromatic carbocycles. The van der Waals surface area contributed by atoms with Crippen LogP contribution in [0.3, 0.4) is 0 Å². The van der Waals surface area contributed by atoms with Crippen molar-refractivity contribution in [1.82, 2.24) is 28.3 Å². The van der Waals surface area contributed by atoms with Crippen molar-refractivity contribution in [3.8, 4) is 50.5 Å². The zero-order valence-electron chi connectivity index (χ0n) is 32.2. The zero-order chi connectivity index (χ0) is 39.1. The van der Waals surface area contributed by atoms with Crippen LogP contribution < -0.4 is 0 Å². The quantitative estimate of drug-likeness (QED) is 0.180. The first-order valence-corrected chi connectivity index (χ1v) is 20.4. The first-order valence-electron chi connectivity index (χ1n) is 20.4. The fourth-order valence-electron chi connectivity index (χ4n) is 10.9. The van der Waals surface area contributed by atoms with E-state index in [1.807, 2.05) is 6.20 Å². The third-order valence-electron chi connectivity index (χ3n) is 13.2. The lowest BCUT2D eigenvalue weighted by molar-refractivity contribution is 0.795. The molecule has 12 aromatic rings. The molecule has 278 valence electrons. The number of nitrogens with zero attached hydrogens (tertiary/aromatic N) is 6. The van der Waals surface area contributed by atoms with Crippen molar-refractivity contribution in [2.45, 2.75) is 5.41 Å². The lowest BCUT2D eigenvalue weighted by atomic mass is 9.71. The number of benzene rings is 7. The summed E-state index contributed by atoms with van der Waals surface area (Å²) in [5, 5.41) is 2.51. The fraction of sp³-hybridized carbons (Fsp3) is 0.0185. The zero-order valence-corrected chi connectivity index (χ0v) is 32.2. The maximum Gasteiger partial charge on any atom is 0.183 e. The van der Waals surface area contributed by atoms with Gasteiger partial charge in [0, 0.05) is 40.0 Å². The molecule has 0 bridgehead atoms. The number of hydrogen-bond acceptors (Lipinski definition) is 3. The molecule has 0 radical (unpaired) electrons. The van der Waals surface area contributed by atoms with Crippen LogP contribution in [0, 0.1) is 0 Å². The van der Waals surface area contributed by atoms with Crippen molar-refractivity contribution >= 4 is 44.3 Å². The topological polar surface area (TPSA) is 52.4 Å². The average molecular weight is 765 g/mol. The molecule has 6 nitrogen and oxygen atoms in total. The van der Waals surface area contributed by atoms with Crippen LogP contribution in [-0.2, 0) is 5.41 Å². The van der Waals surface area contributed by atoms with Gasteiger partial charge in [-0.15, -0.1) is 0 Å². The van der Waals surface area contributed by atoms with Gasteiger partial charge in [-0.25, -0.2) is 15.0 Å². The third kappa shape index (κ3) is 3.90. The van der Waals surface area contributed by atoms with E-state index in [9.17, 15) is 0 Å². The van der Waals surface area contributed by atoms with Gasteiger partial charge in [0.25, 0.3) is 0 Å². The Hall–Kier alpha value is -8.09. The minimum Gasteiger partial charge on any atom is -0.309 e. The van der Waals surface area contributed by atoms with E-state index >= 15 is 0 Å². The van der Waals surface area contributed by atoms with Crippen LogP contribution in [-0.4, -0.2) is 28.3 Å². The Morgan fingerprint density at radius 2 is 0.933 bits per heavy atom. The molecular weight excluding hydrogens is 733 g/mol. The van der Waals surface area contributed by atoms with Crippen molar-refractivity contribution < 1.29 is 0 Å². The molecule has 0 saturated carbocycles. The van der Waals surface area contributed by atoms with Crippen molar-refractivity contribution in [3.05, 3.63) is 217 Å². The van der Waals surface area contributed by atoms with Crippen molar-refractivity contribution in [2.75, 3.05) is 0 Å². The molecule has 0 unspecified atom stereocenters. The van der Waals surface area contributed by atoms with E-state index in [1.54, 1.807) is 12.4 Å². The molecule has 2 aliphatic carbocycles. The van der Waals surface area contributed by atoms with Gasteiger partial charge in [-0.2, -0.15) is 0 Å². The first kappa shape index (κ1) is 31.9. The predicted octanol–water partition coefficient (Wildman–Crippen LogP) is 12.3. The van der Waals surface area contributed by atoms with Gasteiger partial charge >= 0.3 is 0 Å². The third-order valence-corrected chi connectivity index (χ3v) is 13.2. The first-order chi connectivity index (χ1) is 29.8. The number of hydrogen-bond donors (Lipinski definition) is 0. The molecule has 5 aromatic heterocycles. The second kappa shape index (κ2) is 11.5. The fourth-order valence-corrected chi connectivity index (χ4v) is 10.9. The summed E-state index contributed by atoms with van der Waals surface area (Å²) in [4.78, 5) is 15.4. The van der Waals surface area contributed by atoms with Crippen LogP contribution in [0.25, 0.3) is 94.7 Å². The number of imidazole rings is 1. The van der Waals surface area contributed by atoms with Gasteiger partial charge in [0.05, 0.1) is 39.5 Å². The maximum absolute atomic E-state index is 5.22. The molecule has 0 amide bonds. The molecule has 0 atom stereocenters. The average Bonchev–Trinajstić information content (AvgIpc) is 4.12. The highest BCUT2D eigenvalue weighted by Crippen LogP contribution is 2.63. The smallest absolute Gasteiger partial charge is 0.183 e. The molecule has 0 N–H and O–H groups in total. The van der Waals surface area contributed by atoms with Gasteiger partial charge in [0.1, 0.15) is 0 Å². The van der Waals surface area contributed by atoms with Crippen molar-refractivity contribution in [1.29, 1.82) is 0 Å². The number of fused-ring (bicyclic) bond motifs is 20. The second-order valence-corrected chi connectivity index (χ2v) is 16.0. The van der Waals surface area contributed by atoms with E-state index in [0.29, 0.717) is 0 Å². The van der Waals surface area contributed by atoms with Crippen LogP contribution in [0.4, 0.5) is 0 Å². The van der Waals surface area contributed by atoms with Crippen LogP contribution >= 0.6 is 0 Å². The van der Waals surface area contributed by atoms with Crippen molar-refractivity contribution in [3.63, 3.8) is 0 Å². The molecule has 0 fully saturated rings.